The van der Waals surface area contributed by atoms with Gasteiger partial charge in [-0.15, -0.1) is 12.3 Å². The highest BCUT2D eigenvalue weighted by atomic mass is 35.5. The third-order valence-electron chi connectivity index (χ3n) is 1.92. The van der Waals surface area contributed by atoms with Crippen LogP contribution in [0.5, 0.6) is 0 Å². The fraction of sp³-hybridized carbons (Fsp3) is 0.273. The van der Waals surface area contributed by atoms with Crippen LogP contribution in [-0.4, -0.2) is 7.05 Å². The Kier molecular flexibility index (Phi) is 3.82. The number of nitrogens with one attached hydrogen (secondary N) is 1. The number of rotatable bonds is 3. The van der Waals surface area contributed by atoms with E-state index in [1.54, 1.807) is 0 Å². The van der Waals surface area contributed by atoms with E-state index in [9.17, 15) is 0 Å². The molecule has 0 spiro atoms. The molecule has 1 rings (SSSR count). The van der Waals surface area contributed by atoms with Crippen molar-refractivity contribution >= 4 is 11.6 Å². The van der Waals surface area contributed by atoms with E-state index in [1.807, 2.05) is 31.3 Å². The van der Waals surface area contributed by atoms with Gasteiger partial charge in [0.1, 0.15) is 0 Å². The van der Waals surface area contributed by atoms with Crippen LogP contribution >= 0.6 is 11.6 Å². The van der Waals surface area contributed by atoms with Crippen molar-refractivity contribution in [2.45, 2.75) is 12.5 Å². The van der Waals surface area contributed by atoms with Gasteiger partial charge in [-0.25, -0.2) is 0 Å². The molecule has 0 heterocycles. The van der Waals surface area contributed by atoms with Crippen LogP contribution in [0.4, 0.5) is 0 Å². The summed E-state index contributed by atoms with van der Waals surface area (Å²) < 4.78 is 0. The summed E-state index contributed by atoms with van der Waals surface area (Å²) in [7, 11) is 1.89. The first-order valence-electron chi connectivity index (χ1n) is 4.14. The number of benzene rings is 1. The van der Waals surface area contributed by atoms with Gasteiger partial charge in [0.15, 0.2) is 0 Å². The molecule has 0 aliphatic rings. The van der Waals surface area contributed by atoms with Crippen molar-refractivity contribution in [1.29, 1.82) is 0 Å². The highest BCUT2D eigenvalue weighted by Gasteiger charge is 2.06. The Balaban J connectivity index is 2.86. The molecular weight excluding hydrogens is 182 g/mol. The molecular formula is C11H12ClN. The Morgan fingerprint density at radius 3 is 2.92 bits per heavy atom. The first-order chi connectivity index (χ1) is 6.27. The SMILES string of the molecule is C#CCC(NC)c1cccc(Cl)c1. The summed E-state index contributed by atoms with van der Waals surface area (Å²) >= 11 is 5.87. The summed E-state index contributed by atoms with van der Waals surface area (Å²) in [6, 6.07) is 7.93. The van der Waals surface area contributed by atoms with Crippen molar-refractivity contribution in [3.05, 3.63) is 34.9 Å². The summed E-state index contributed by atoms with van der Waals surface area (Å²) in [6.45, 7) is 0. The molecule has 2 heteroatoms. The molecule has 1 aromatic rings. The van der Waals surface area contributed by atoms with Crippen LogP contribution < -0.4 is 5.32 Å². The predicted octanol–water partition coefficient (Wildman–Crippen LogP) is 2.62. The topological polar surface area (TPSA) is 12.0 Å². The van der Waals surface area contributed by atoms with E-state index in [4.69, 9.17) is 18.0 Å². The van der Waals surface area contributed by atoms with Gasteiger partial charge in [0.25, 0.3) is 0 Å². The highest BCUT2D eigenvalue weighted by molar-refractivity contribution is 6.30. The van der Waals surface area contributed by atoms with E-state index in [0.29, 0.717) is 6.42 Å². The molecule has 1 N–H and O–H groups in total. The largest absolute Gasteiger partial charge is 0.312 e. The molecule has 0 bridgehead atoms. The van der Waals surface area contributed by atoms with E-state index >= 15 is 0 Å². The Morgan fingerprint density at radius 2 is 2.38 bits per heavy atom. The molecule has 0 saturated heterocycles. The molecule has 0 aliphatic heterocycles. The first kappa shape index (κ1) is 10.1. The zero-order valence-corrected chi connectivity index (χ0v) is 8.31. The van der Waals surface area contributed by atoms with Crippen molar-refractivity contribution in [1.82, 2.24) is 5.32 Å². The fourth-order valence-electron chi connectivity index (χ4n) is 1.23. The van der Waals surface area contributed by atoms with Gasteiger partial charge >= 0.3 is 0 Å². The number of halogens is 1. The lowest BCUT2D eigenvalue weighted by Crippen LogP contribution is -2.15. The maximum absolute atomic E-state index is 5.87. The monoisotopic (exact) mass is 193 g/mol. The number of hydrogen-bond donors (Lipinski definition) is 1. The van der Waals surface area contributed by atoms with Gasteiger partial charge < -0.3 is 5.32 Å². The van der Waals surface area contributed by atoms with Gasteiger partial charge in [-0.05, 0) is 24.7 Å². The third kappa shape index (κ3) is 2.77. The lowest BCUT2D eigenvalue weighted by atomic mass is 10.0. The minimum atomic E-state index is 0.198. The van der Waals surface area contributed by atoms with Gasteiger partial charge in [-0.1, -0.05) is 23.7 Å². The summed E-state index contributed by atoms with van der Waals surface area (Å²) in [5, 5.41) is 3.89. The predicted molar refractivity (Wildman–Crippen MR) is 56.7 cm³/mol. The molecule has 1 nitrogen and oxygen atoms in total. The molecule has 0 amide bonds. The van der Waals surface area contributed by atoms with Crippen LogP contribution in [0.3, 0.4) is 0 Å². The Hall–Kier alpha value is -0.970. The second kappa shape index (κ2) is 4.91. The van der Waals surface area contributed by atoms with E-state index < -0.39 is 0 Å². The van der Waals surface area contributed by atoms with E-state index in [-0.39, 0.29) is 6.04 Å². The zero-order valence-electron chi connectivity index (χ0n) is 7.55. The summed E-state index contributed by atoms with van der Waals surface area (Å²) in [6.07, 6.45) is 5.93. The quantitative estimate of drug-likeness (QED) is 0.728. The summed E-state index contributed by atoms with van der Waals surface area (Å²) in [5.74, 6) is 2.63. The summed E-state index contributed by atoms with van der Waals surface area (Å²) in [5.41, 5.74) is 1.13. The third-order valence-corrected chi connectivity index (χ3v) is 2.16. The minimum Gasteiger partial charge on any atom is -0.312 e. The van der Waals surface area contributed by atoms with Crippen LogP contribution in [0.2, 0.25) is 5.02 Å². The van der Waals surface area contributed by atoms with Crippen molar-refractivity contribution in [2.75, 3.05) is 7.05 Å². The van der Waals surface area contributed by atoms with Crippen LogP contribution in [0.1, 0.15) is 18.0 Å². The smallest absolute Gasteiger partial charge is 0.0428 e. The molecule has 0 aliphatic carbocycles. The first-order valence-corrected chi connectivity index (χ1v) is 4.52. The fourth-order valence-corrected chi connectivity index (χ4v) is 1.43. The van der Waals surface area contributed by atoms with Gasteiger partial charge in [0.2, 0.25) is 0 Å². The molecule has 0 fully saturated rings. The second-order valence-corrected chi connectivity index (χ2v) is 3.24. The van der Waals surface area contributed by atoms with Gasteiger partial charge in [0, 0.05) is 17.5 Å². The average Bonchev–Trinajstić information content (AvgIpc) is 2.14. The lowest BCUT2D eigenvalue weighted by Gasteiger charge is -2.13. The van der Waals surface area contributed by atoms with Crippen molar-refractivity contribution in [3.8, 4) is 12.3 Å². The van der Waals surface area contributed by atoms with Crippen LogP contribution in [0.25, 0.3) is 0 Å². The average molecular weight is 194 g/mol. The molecule has 1 atom stereocenters. The van der Waals surface area contributed by atoms with Gasteiger partial charge in [-0.3, -0.25) is 0 Å². The number of hydrogen-bond acceptors (Lipinski definition) is 1. The van der Waals surface area contributed by atoms with Gasteiger partial charge in [-0.2, -0.15) is 0 Å². The van der Waals surface area contributed by atoms with Crippen LogP contribution in [-0.2, 0) is 0 Å². The minimum absolute atomic E-state index is 0.198. The van der Waals surface area contributed by atoms with Crippen molar-refractivity contribution in [2.24, 2.45) is 0 Å². The highest BCUT2D eigenvalue weighted by Crippen LogP contribution is 2.19. The second-order valence-electron chi connectivity index (χ2n) is 2.80. The van der Waals surface area contributed by atoms with E-state index in [1.165, 1.54) is 0 Å². The molecule has 13 heavy (non-hydrogen) atoms. The maximum atomic E-state index is 5.87. The Labute approximate surface area is 84.1 Å². The Morgan fingerprint density at radius 1 is 1.62 bits per heavy atom. The van der Waals surface area contributed by atoms with Crippen LogP contribution in [0, 0.1) is 12.3 Å². The molecule has 68 valence electrons. The van der Waals surface area contributed by atoms with Gasteiger partial charge in [0.05, 0.1) is 0 Å². The number of terminal acetylenes is 1. The summed E-state index contributed by atoms with van der Waals surface area (Å²) in [4.78, 5) is 0. The molecule has 0 radical (unpaired) electrons. The lowest BCUT2D eigenvalue weighted by molar-refractivity contribution is 0.611. The molecule has 0 saturated carbocycles. The molecule has 1 aromatic carbocycles. The van der Waals surface area contributed by atoms with Crippen molar-refractivity contribution < 1.29 is 0 Å². The maximum Gasteiger partial charge on any atom is 0.0428 e. The van der Waals surface area contributed by atoms with Crippen molar-refractivity contribution in [3.63, 3.8) is 0 Å². The normalized spacial score (nSPS) is 12.1. The standard InChI is InChI=1S/C11H12ClN/c1-3-5-11(13-2)9-6-4-7-10(12)8-9/h1,4,6-8,11,13H,5H2,2H3. The van der Waals surface area contributed by atoms with Crippen LogP contribution in [0.15, 0.2) is 24.3 Å². The molecule has 1 unspecified atom stereocenters. The Bertz CT molecular complexity index is 314. The zero-order chi connectivity index (χ0) is 9.68. The van der Waals surface area contributed by atoms with E-state index in [0.717, 1.165) is 10.6 Å². The van der Waals surface area contributed by atoms with E-state index in [2.05, 4.69) is 11.2 Å². The molecule has 0 aromatic heterocycles.